The first kappa shape index (κ1) is 19.4. The van der Waals surface area contributed by atoms with Gasteiger partial charge in [-0.15, -0.1) is 0 Å². The molecule has 2 heterocycles. The molecule has 146 valence electrons. The van der Waals surface area contributed by atoms with Crippen LogP contribution in [0.25, 0.3) is 0 Å². The highest BCUT2D eigenvalue weighted by Crippen LogP contribution is 2.28. The fourth-order valence-corrected chi connectivity index (χ4v) is 3.25. The van der Waals surface area contributed by atoms with Gasteiger partial charge in [0, 0.05) is 38.9 Å². The van der Waals surface area contributed by atoms with Crippen molar-refractivity contribution >= 4 is 5.95 Å². The Morgan fingerprint density at radius 3 is 2.63 bits per heavy atom. The van der Waals surface area contributed by atoms with E-state index in [2.05, 4.69) is 27.0 Å². The summed E-state index contributed by atoms with van der Waals surface area (Å²) in [4.78, 5) is 11.8. The van der Waals surface area contributed by atoms with Gasteiger partial charge in [0.2, 0.25) is 5.95 Å². The van der Waals surface area contributed by atoms with Crippen LogP contribution in [-0.2, 0) is 12.6 Å². The van der Waals surface area contributed by atoms with Crippen LogP contribution < -0.4 is 9.64 Å². The van der Waals surface area contributed by atoms with Crippen LogP contribution >= 0.6 is 0 Å². The lowest BCUT2D eigenvalue weighted by atomic mass is 10.1. The molecule has 0 saturated carbocycles. The molecule has 1 fully saturated rings. The predicted molar refractivity (Wildman–Crippen MR) is 97.0 cm³/mol. The molecule has 0 aliphatic carbocycles. The highest BCUT2D eigenvalue weighted by molar-refractivity contribution is 5.32. The minimum atomic E-state index is -4.46. The van der Waals surface area contributed by atoms with Crippen molar-refractivity contribution in [2.75, 3.05) is 38.7 Å². The van der Waals surface area contributed by atoms with Crippen molar-refractivity contribution in [2.24, 2.45) is 0 Å². The van der Waals surface area contributed by atoms with Crippen molar-refractivity contribution in [1.82, 2.24) is 14.9 Å². The molecular formula is C19H23F3N4O. The monoisotopic (exact) mass is 380 g/mol. The van der Waals surface area contributed by atoms with Gasteiger partial charge in [0.05, 0.1) is 7.11 Å². The van der Waals surface area contributed by atoms with Gasteiger partial charge in [-0.2, -0.15) is 13.2 Å². The maximum Gasteiger partial charge on any atom is 0.433 e. The smallest absolute Gasteiger partial charge is 0.433 e. The number of nitrogens with zero attached hydrogens (tertiary/aromatic N) is 4. The number of alkyl halides is 3. The SMILES string of the molecule is COc1ccc(CCN2CCC(N(C)c3nccc(C(F)(F)F)n3)C2)cc1. The minimum Gasteiger partial charge on any atom is -0.497 e. The van der Waals surface area contributed by atoms with E-state index in [1.165, 1.54) is 5.56 Å². The van der Waals surface area contributed by atoms with Crippen LogP contribution in [0.2, 0.25) is 0 Å². The molecule has 0 spiro atoms. The first-order valence-corrected chi connectivity index (χ1v) is 8.85. The van der Waals surface area contributed by atoms with Crippen LogP contribution in [0.3, 0.4) is 0 Å². The number of ether oxygens (including phenoxy) is 1. The average molecular weight is 380 g/mol. The first-order chi connectivity index (χ1) is 12.9. The number of benzene rings is 1. The van der Waals surface area contributed by atoms with Crippen molar-refractivity contribution < 1.29 is 17.9 Å². The molecule has 1 aliphatic rings. The Hall–Kier alpha value is -2.35. The van der Waals surface area contributed by atoms with E-state index in [0.29, 0.717) is 0 Å². The lowest BCUT2D eigenvalue weighted by Crippen LogP contribution is -2.36. The number of methoxy groups -OCH3 is 1. The Morgan fingerprint density at radius 2 is 1.96 bits per heavy atom. The first-order valence-electron chi connectivity index (χ1n) is 8.85. The Labute approximate surface area is 156 Å². The standard InChI is InChI=1S/C19H23F3N4O/c1-25(18-23-10-7-17(24-18)19(20,21)22)15-9-12-26(13-15)11-8-14-3-5-16(27-2)6-4-14/h3-7,10,15H,8-9,11-13H2,1-2H3. The quantitative estimate of drug-likeness (QED) is 0.770. The summed E-state index contributed by atoms with van der Waals surface area (Å²) in [7, 11) is 3.40. The van der Waals surface area contributed by atoms with Crippen molar-refractivity contribution in [1.29, 1.82) is 0 Å². The molecule has 1 aromatic carbocycles. The third-order valence-electron chi connectivity index (χ3n) is 4.92. The van der Waals surface area contributed by atoms with E-state index in [0.717, 1.165) is 50.5 Å². The zero-order valence-corrected chi connectivity index (χ0v) is 15.4. The summed E-state index contributed by atoms with van der Waals surface area (Å²) in [6.07, 6.45) is -1.50. The normalized spacial score (nSPS) is 17.9. The molecule has 27 heavy (non-hydrogen) atoms. The molecule has 1 aromatic heterocycles. The van der Waals surface area contributed by atoms with Crippen LogP contribution in [0.15, 0.2) is 36.5 Å². The molecule has 1 unspecified atom stereocenters. The van der Waals surface area contributed by atoms with Gasteiger partial charge >= 0.3 is 6.18 Å². The van der Waals surface area contributed by atoms with Gasteiger partial charge in [0.1, 0.15) is 11.4 Å². The maximum absolute atomic E-state index is 12.9. The lowest BCUT2D eigenvalue weighted by Gasteiger charge is -2.25. The number of likely N-dealkylation sites (N-methyl/N-ethyl adjacent to an activating group) is 1. The molecule has 1 saturated heterocycles. The van der Waals surface area contributed by atoms with Gasteiger partial charge in [-0.3, -0.25) is 0 Å². The zero-order valence-electron chi connectivity index (χ0n) is 15.4. The van der Waals surface area contributed by atoms with E-state index in [4.69, 9.17) is 4.74 Å². The van der Waals surface area contributed by atoms with Crippen molar-refractivity contribution in [3.8, 4) is 5.75 Å². The van der Waals surface area contributed by atoms with Gasteiger partial charge < -0.3 is 14.5 Å². The van der Waals surface area contributed by atoms with E-state index in [1.807, 2.05) is 12.1 Å². The Bertz CT molecular complexity index is 751. The highest BCUT2D eigenvalue weighted by Gasteiger charge is 2.34. The second kappa shape index (κ2) is 8.12. The third kappa shape index (κ3) is 4.88. The number of aromatic nitrogens is 2. The molecule has 0 radical (unpaired) electrons. The third-order valence-corrected chi connectivity index (χ3v) is 4.92. The summed E-state index contributed by atoms with van der Waals surface area (Å²) in [6, 6.07) is 8.99. The van der Waals surface area contributed by atoms with E-state index in [9.17, 15) is 13.2 Å². The van der Waals surface area contributed by atoms with E-state index in [1.54, 1.807) is 19.1 Å². The van der Waals surface area contributed by atoms with Gasteiger partial charge in [-0.25, -0.2) is 9.97 Å². The van der Waals surface area contributed by atoms with E-state index >= 15 is 0 Å². The average Bonchev–Trinajstić information content (AvgIpc) is 3.14. The number of hydrogen-bond acceptors (Lipinski definition) is 5. The molecule has 0 bridgehead atoms. The molecule has 1 aliphatic heterocycles. The van der Waals surface area contributed by atoms with Crippen LogP contribution in [0.1, 0.15) is 17.7 Å². The van der Waals surface area contributed by atoms with Gasteiger partial charge in [0.25, 0.3) is 0 Å². The topological polar surface area (TPSA) is 41.5 Å². The summed E-state index contributed by atoms with van der Waals surface area (Å²) >= 11 is 0. The molecule has 3 rings (SSSR count). The number of rotatable bonds is 6. The largest absolute Gasteiger partial charge is 0.497 e. The molecular weight excluding hydrogens is 357 g/mol. The Morgan fingerprint density at radius 1 is 1.22 bits per heavy atom. The fourth-order valence-electron chi connectivity index (χ4n) is 3.25. The van der Waals surface area contributed by atoms with Crippen LogP contribution in [-0.4, -0.2) is 54.7 Å². The van der Waals surface area contributed by atoms with Crippen molar-refractivity contribution in [2.45, 2.75) is 25.1 Å². The second-order valence-electron chi connectivity index (χ2n) is 6.69. The van der Waals surface area contributed by atoms with Gasteiger partial charge in [-0.1, -0.05) is 12.1 Å². The molecule has 0 amide bonds. The lowest BCUT2D eigenvalue weighted by molar-refractivity contribution is -0.141. The van der Waals surface area contributed by atoms with Crippen LogP contribution in [0, 0.1) is 0 Å². The summed E-state index contributed by atoms with van der Waals surface area (Å²) in [5.74, 6) is 0.953. The fraction of sp³-hybridized carbons (Fsp3) is 0.474. The predicted octanol–water partition coefficient (Wildman–Crippen LogP) is 3.26. The molecule has 0 N–H and O–H groups in total. The van der Waals surface area contributed by atoms with E-state index < -0.39 is 11.9 Å². The zero-order chi connectivity index (χ0) is 19.4. The number of anilines is 1. The summed E-state index contributed by atoms with van der Waals surface area (Å²) < 4.78 is 43.7. The summed E-state index contributed by atoms with van der Waals surface area (Å²) in [5, 5.41) is 0. The molecule has 2 aromatic rings. The van der Waals surface area contributed by atoms with Crippen molar-refractivity contribution in [3.63, 3.8) is 0 Å². The maximum atomic E-state index is 12.9. The Balaban J connectivity index is 1.55. The van der Waals surface area contributed by atoms with E-state index in [-0.39, 0.29) is 12.0 Å². The van der Waals surface area contributed by atoms with Crippen molar-refractivity contribution in [3.05, 3.63) is 47.8 Å². The van der Waals surface area contributed by atoms with Crippen LogP contribution in [0.4, 0.5) is 19.1 Å². The number of likely N-dealkylation sites (tertiary alicyclic amines) is 1. The Kier molecular flexibility index (Phi) is 5.84. The second-order valence-corrected chi connectivity index (χ2v) is 6.69. The van der Waals surface area contributed by atoms with Gasteiger partial charge in [0.15, 0.2) is 0 Å². The summed E-state index contributed by atoms with van der Waals surface area (Å²) in [6.45, 7) is 2.59. The highest BCUT2D eigenvalue weighted by atomic mass is 19.4. The minimum absolute atomic E-state index is 0.101. The molecule has 5 nitrogen and oxygen atoms in total. The molecule has 1 atom stereocenters. The number of halogens is 3. The summed E-state index contributed by atoms with van der Waals surface area (Å²) in [5.41, 5.74) is 0.322. The van der Waals surface area contributed by atoms with Crippen LogP contribution in [0.5, 0.6) is 5.75 Å². The molecule has 8 heteroatoms. The number of hydrogen-bond donors (Lipinski definition) is 0. The van der Waals surface area contributed by atoms with Gasteiger partial charge in [-0.05, 0) is 36.6 Å².